The average Bonchev–Trinajstić information content (AvgIpc) is 2.59. The summed E-state index contributed by atoms with van der Waals surface area (Å²) in [6, 6.07) is 3.26. The number of ketones is 1. The van der Waals surface area contributed by atoms with Crippen molar-refractivity contribution in [2.45, 2.75) is 25.2 Å². The Balaban J connectivity index is 2.11. The number of carbonyl (C=O) groups excluding carboxylic acids is 1. The van der Waals surface area contributed by atoms with Crippen LogP contribution in [0.1, 0.15) is 29.6 Å². The second-order valence-electron chi connectivity index (χ2n) is 3.90. The van der Waals surface area contributed by atoms with Crippen LogP contribution in [0.5, 0.6) is 0 Å². The van der Waals surface area contributed by atoms with Gasteiger partial charge in [0.25, 0.3) is 0 Å². The molecule has 2 nitrogen and oxygen atoms in total. The highest BCUT2D eigenvalue weighted by Gasteiger charge is 2.42. The number of aromatic nitrogens is 1. The minimum Gasteiger partial charge on any atom is -0.294 e. The first-order chi connectivity index (χ1) is 7.08. The second-order valence-corrected chi connectivity index (χ2v) is 3.90. The molecule has 4 heteroatoms. The number of alkyl halides is 2. The largest absolute Gasteiger partial charge is 0.294 e. The molecule has 0 spiro atoms. The lowest BCUT2D eigenvalue weighted by molar-refractivity contribution is 0.00530. The quantitative estimate of drug-likeness (QED) is 0.704. The molecule has 1 aliphatic carbocycles. The van der Waals surface area contributed by atoms with E-state index in [9.17, 15) is 13.6 Å². The van der Waals surface area contributed by atoms with E-state index in [1.54, 1.807) is 18.3 Å². The molecule has 0 aromatic carbocycles. The van der Waals surface area contributed by atoms with Gasteiger partial charge in [0.2, 0.25) is 5.92 Å². The van der Waals surface area contributed by atoms with E-state index in [0.29, 0.717) is 5.56 Å². The van der Waals surface area contributed by atoms with Crippen molar-refractivity contribution < 1.29 is 13.6 Å². The van der Waals surface area contributed by atoms with E-state index in [-0.39, 0.29) is 25.0 Å². The molecule has 80 valence electrons. The summed E-state index contributed by atoms with van der Waals surface area (Å²) in [5, 5.41) is 0. The van der Waals surface area contributed by atoms with Gasteiger partial charge in [-0.3, -0.25) is 9.78 Å². The van der Waals surface area contributed by atoms with Crippen LogP contribution in [0.25, 0.3) is 0 Å². The topological polar surface area (TPSA) is 30.0 Å². The van der Waals surface area contributed by atoms with Crippen LogP contribution < -0.4 is 0 Å². The molecular formula is C11H11F2NO. The monoisotopic (exact) mass is 211 g/mol. The van der Waals surface area contributed by atoms with Crippen LogP contribution >= 0.6 is 0 Å². The van der Waals surface area contributed by atoms with E-state index in [4.69, 9.17) is 0 Å². The molecule has 1 heterocycles. The van der Waals surface area contributed by atoms with Crippen LogP contribution in [0, 0.1) is 5.92 Å². The van der Waals surface area contributed by atoms with Crippen molar-refractivity contribution in [3.05, 3.63) is 30.1 Å². The van der Waals surface area contributed by atoms with Crippen LogP contribution in [0.4, 0.5) is 8.78 Å². The minimum absolute atomic E-state index is 0.177. The summed E-state index contributed by atoms with van der Waals surface area (Å²) in [4.78, 5) is 15.6. The van der Waals surface area contributed by atoms with E-state index < -0.39 is 11.8 Å². The van der Waals surface area contributed by atoms with Crippen LogP contribution in [0.3, 0.4) is 0 Å². The van der Waals surface area contributed by atoms with Gasteiger partial charge in [-0.05, 0) is 18.6 Å². The average molecular weight is 211 g/mol. The number of carbonyl (C=O) groups is 1. The zero-order valence-electron chi connectivity index (χ0n) is 8.12. The van der Waals surface area contributed by atoms with Crippen molar-refractivity contribution in [1.29, 1.82) is 0 Å². The van der Waals surface area contributed by atoms with Crippen molar-refractivity contribution >= 4 is 5.78 Å². The maximum absolute atomic E-state index is 12.9. The first-order valence-corrected chi connectivity index (χ1v) is 4.90. The number of rotatable bonds is 2. The van der Waals surface area contributed by atoms with Gasteiger partial charge in [-0.25, -0.2) is 8.78 Å². The Morgan fingerprint density at radius 3 is 2.87 bits per heavy atom. The maximum Gasteiger partial charge on any atom is 0.248 e. The third-order valence-electron chi connectivity index (χ3n) is 2.72. The summed E-state index contributed by atoms with van der Waals surface area (Å²) in [6.07, 6.45) is 2.77. The van der Waals surface area contributed by atoms with E-state index >= 15 is 0 Å². The van der Waals surface area contributed by atoms with Crippen molar-refractivity contribution in [1.82, 2.24) is 4.98 Å². The molecule has 15 heavy (non-hydrogen) atoms. The molecule has 1 atom stereocenters. The predicted molar refractivity (Wildman–Crippen MR) is 50.9 cm³/mol. The van der Waals surface area contributed by atoms with Crippen molar-refractivity contribution in [3.8, 4) is 0 Å². The Morgan fingerprint density at radius 2 is 2.33 bits per heavy atom. The molecule has 1 saturated carbocycles. The zero-order valence-corrected chi connectivity index (χ0v) is 8.12. The fourth-order valence-corrected chi connectivity index (χ4v) is 1.92. The third-order valence-corrected chi connectivity index (χ3v) is 2.72. The van der Waals surface area contributed by atoms with E-state index in [2.05, 4.69) is 4.98 Å². The fraction of sp³-hybridized carbons (Fsp3) is 0.455. The summed E-state index contributed by atoms with van der Waals surface area (Å²) >= 11 is 0. The zero-order chi connectivity index (χ0) is 10.9. The Morgan fingerprint density at radius 1 is 1.53 bits per heavy atom. The smallest absolute Gasteiger partial charge is 0.248 e. The number of Topliss-reactive ketones (excluding diaryl/α,β-unsaturated/α-hetero) is 1. The molecule has 0 radical (unpaired) electrons. The highest BCUT2D eigenvalue weighted by atomic mass is 19.3. The van der Waals surface area contributed by atoms with Crippen molar-refractivity contribution in [2.24, 2.45) is 5.92 Å². The van der Waals surface area contributed by atoms with Gasteiger partial charge < -0.3 is 0 Å². The van der Waals surface area contributed by atoms with Gasteiger partial charge in [-0.1, -0.05) is 0 Å². The summed E-state index contributed by atoms with van der Waals surface area (Å²) in [7, 11) is 0. The van der Waals surface area contributed by atoms with Gasteiger partial charge in [-0.2, -0.15) is 0 Å². The molecule has 1 aromatic rings. The lowest BCUT2D eigenvalue weighted by Gasteiger charge is -2.09. The van der Waals surface area contributed by atoms with Crippen LogP contribution in [0.15, 0.2) is 24.5 Å². The van der Waals surface area contributed by atoms with E-state index in [0.717, 1.165) is 0 Å². The molecule has 0 amide bonds. The van der Waals surface area contributed by atoms with Gasteiger partial charge in [0.15, 0.2) is 5.78 Å². The summed E-state index contributed by atoms with van der Waals surface area (Å²) in [5.41, 5.74) is 0.431. The molecule has 0 saturated heterocycles. The molecule has 2 rings (SSSR count). The van der Waals surface area contributed by atoms with E-state index in [1.807, 2.05) is 0 Å². The standard InChI is InChI=1S/C11H11F2NO/c12-11(13)4-3-8(6-11)10(15)9-2-1-5-14-7-9/h1-2,5,7-8H,3-4,6H2. The van der Waals surface area contributed by atoms with Gasteiger partial charge in [-0.15, -0.1) is 0 Å². The highest BCUT2D eigenvalue weighted by Crippen LogP contribution is 2.40. The van der Waals surface area contributed by atoms with Crippen LogP contribution in [0.2, 0.25) is 0 Å². The normalized spacial score (nSPS) is 24.0. The predicted octanol–water partition coefficient (Wildman–Crippen LogP) is 2.70. The second kappa shape index (κ2) is 3.68. The minimum atomic E-state index is -2.66. The molecule has 0 bridgehead atoms. The third kappa shape index (κ3) is 2.19. The molecule has 1 fully saturated rings. The van der Waals surface area contributed by atoms with E-state index in [1.165, 1.54) is 6.20 Å². The summed E-state index contributed by atoms with van der Waals surface area (Å²) in [6.45, 7) is 0. The molecule has 0 N–H and O–H groups in total. The van der Waals surface area contributed by atoms with Crippen LogP contribution in [-0.2, 0) is 0 Å². The maximum atomic E-state index is 12.9. The van der Waals surface area contributed by atoms with Gasteiger partial charge in [0.05, 0.1) is 0 Å². The van der Waals surface area contributed by atoms with Gasteiger partial charge >= 0.3 is 0 Å². The Hall–Kier alpha value is -1.32. The Kier molecular flexibility index (Phi) is 2.50. The fourth-order valence-electron chi connectivity index (χ4n) is 1.92. The van der Waals surface area contributed by atoms with Crippen molar-refractivity contribution in [3.63, 3.8) is 0 Å². The number of hydrogen-bond donors (Lipinski definition) is 0. The summed E-state index contributed by atoms with van der Waals surface area (Å²) < 4.78 is 25.8. The highest BCUT2D eigenvalue weighted by molar-refractivity contribution is 5.97. The number of halogens is 2. The van der Waals surface area contributed by atoms with Gasteiger partial charge in [0.1, 0.15) is 0 Å². The SMILES string of the molecule is O=C(c1cccnc1)C1CCC(F)(F)C1. The van der Waals surface area contributed by atoms with Crippen molar-refractivity contribution in [2.75, 3.05) is 0 Å². The Labute approximate surface area is 86.3 Å². The molecular weight excluding hydrogens is 200 g/mol. The first-order valence-electron chi connectivity index (χ1n) is 4.90. The number of nitrogens with zero attached hydrogens (tertiary/aromatic N) is 1. The lowest BCUT2D eigenvalue weighted by atomic mass is 9.97. The first kappa shape index (κ1) is 10.2. The lowest BCUT2D eigenvalue weighted by Crippen LogP contribution is -2.15. The summed E-state index contributed by atoms with van der Waals surface area (Å²) in [5.74, 6) is -3.41. The molecule has 1 aliphatic rings. The molecule has 1 unspecified atom stereocenters. The van der Waals surface area contributed by atoms with Gasteiger partial charge in [0, 0.05) is 36.7 Å². The number of hydrogen-bond acceptors (Lipinski definition) is 2. The number of pyridine rings is 1. The Bertz CT molecular complexity index is 364. The molecule has 1 aromatic heterocycles. The molecule has 0 aliphatic heterocycles. The van der Waals surface area contributed by atoms with Crippen LogP contribution in [-0.4, -0.2) is 16.7 Å².